The van der Waals surface area contributed by atoms with Crippen molar-refractivity contribution in [2.75, 3.05) is 24.6 Å². The first-order valence-corrected chi connectivity index (χ1v) is 10.4. The van der Waals surface area contributed by atoms with Crippen molar-refractivity contribution in [3.05, 3.63) is 35.4 Å². The molecule has 0 spiro atoms. The van der Waals surface area contributed by atoms with Gasteiger partial charge in [-0.3, -0.25) is 19.3 Å². The fourth-order valence-corrected chi connectivity index (χ4v) is 3.60. The number of aliphatic hydroxyl groups is 1. The Morgan fingerprint density at radius 2 is 1.85 bits per heavy atom. The van der Waals surface area contributed by atoms with E-state index in [9.17, 15) is 19.5 Å². The fourth-order valence-electron chi connectivity index (χ4n) is 2.87. The summed E-state index contributed by atoms with van der Waals surface area (Å²) in [4.78, 5) is 37.6. The summed E-state index contributed by atoms with van der Waals surface area (Å²) >= 11 is 1.72. The van der Waals surface area contributed by atoms with E-state index < -0.39 is 18.1 Å². The Kier molecular flexibility index (Phi) is 8.27. The van der Waals surface area contributed by atoms with E-state index in [4.69, 9.17) is 5.73 Å². The summed E-state index contributed by atoms with van der Waals surface area (Å²) in [6.07, 6.45) is 0.513. The lowest BCUT2D eigenvalue weighted by Crippen LogP contribution is -2.46. The molecule has 2 atom stereocenters. The molecule has 148 valence electrons. The molecule has 0 saturated carbocycles. The number of imide groups is 1. The third-order valence-electron chi connectivity index (χ3n) is 4.46. The first kappa shape index (κ1) is 21.4. The monoisotopic (exact) mass is 393 g/mol. The average Bonchev–Trinajstić information content (AvgIpc) is 2.92. The second-order valence-electron chi connectivity index (χ2n) is 6.40. The molecule has 0 aromatic heterocycles. The highest BCUT2D eigenvalue weighted by atomic mass is 32.2. The molecule has 1 aromatic rings. The van der Waals surface area contributed by atoms with Crippen LogP contribution in [-0.4, -0.2) is 64.5 Å². The van der Waals surface area contributed by atoms with Gasteiger partial charge in [0.1, 0.15) is 6.10 Å². The molecule has 0 radical (unpaired) electrons. The predicted molar refractivity (Wildman–Crippen MR) is 106 cm³/mol. The Hall–Kier alpha value is -1.90. The number of hydrogen-bond acceptors (Lipinski definition) is 6. The van der Waals surface area contributed by atoms with Crippen molar-refractivity contribution >= 4 is 29.5 Å². The summed E-state index contributed by atoms with van der Waals surface area (Å²) in [5.41, 5.74) is 6.72. The van der Waals surface area contributed by atoms with Crippen LogP contribution >= 0.6 is 11.8 Å². The maximum absolute atomic E-state index is 12.2. The van der Waals surface area contributed by atoms with Crippen LogP contribution < -0.4 is 11.1 Å². The molecule has 2 rings (SSSR count). The standard InChI is InChI=1S/C19H27N3O4S/c1-2-27-12-9-15(20)16(23)17(24)21-10-5-6-11-22-18(25)13-7-3-4-8-14(13)19(22)26/h3-4,7-8,15-16,23H,2,5-6,9-12,20H2,1H3,(H,21,24)/t15-,16?/m1/s1. The van der Waals surface area contributed by atoms with Gasteiger partial charge < -0.3 is 16.2 Å². The number of nitrogens with one attached hydrogen (secondary N) is 1. The van der Waals surface area contributed by atoms with Gasteiger partial charge in [0.2, 0.25) is 5.91 Å². The maximum atomic E-state index is 12.2. The summed E-state index contributed by atoms with van der Waals surface area (Å²) in [5.74, 6) is 0.756. The Morgan fingerprint density at radius 1 is 1.22 bits per heavy atom. The van der Waals surface area contributed by atoms with Crippen LogP contribution in [0.4, 0.5) is 0 Å². The molecule has 1 aromatic carbocycles. The van der Waals surface area contributed by atoms with Crippen LogP contribution in [0.5, 0.6) is 0 Å². The Labute approximate surface area is 163 Å². The SMILES string of the molecule is CCSCC[C@@H](N)C(O)C(=O)NCCCCN1C(=O)c2ccccc2C1=O. The number of thioether (sulfide) groups is 1. The minimum Gasteiger partial charge on any atom is -0.382 e. The Balaban J connectivity index is 1.67. The summed E-state index contributed by atoms with van der Waals surface area (Å²) < 4.78 is 0. The second kappa shape index (κ2) is 10.4. The van der Waals surface area contributed by atoms with E-state index in [2.05, 4.69) is 5.32 Å². The lowest BCUT2D eigenvalue weighted by Gasteiger charge is -2.18. The number of amides is 3. The molecule has 8 heteroatoms. The van der Waals surface area contributed by atoms with Crippen LogP contribution in [-0.2, 0) is 4.79 Å². The van der Waals surface area contributed by atoms with Crippen molar-refractivity contribution in [1.29, 1.82) is 0 Å². The molecule has 0 fully saturated rings. The molecule has 4 N–H and O–H groups in total. The van der Waals surface area contributed by atoms with Gasteiger partial charge in [-0.1, -0.05) is 19.1 Å². The number of unbranched alkanes of at least 4 members (excludes halogenated alkanes) is 1. The van der Waals surface area contributed by atoms with Crippen molar-refractivity contribution < 1.29 is 19.5 Å². The van der Waals surface area contributed by atoms with Crippen LogP contribution in [0.2, 0.25) is 0 Å². The van der Waals surface area contributed by atoms with Gasteiger partial charge in [0.25, 0.3) is 11.8 Å². The first-order chi connectivity index (χ1) is 13.0. The number of fused-ring (bicyclic) bond motifs is 1. The molecule has 1 aliphatic rings. The van der Waals surface area contributed by atoms with Gasteiger partial charge in [-0.25, -0.2) is 0 Å². The van der Waals surface area contributed by atoms with E-state index in [1.165, 1.54) is 4.90 Å². The van der Waals surface area contributed by atoms with E-state index in [1.807, 2.05) is 6.92 Å². The zero-order chi connectivity index (χ0) is 19.8. The van der Waals surface area contributed by atoms with Gasteiger partial charge in [-0.2, -0.15) is 11.8 Å². The number of aliphatic hydroxyl groups excluding tert-OH is 1. The van der Waals surface area contributed by atoms with Crippen LogP contribution in [0.15, 0.2) is 24.3 Å². The predicted octanol–water partition coefficient (Wildman–Crippen LogP) is 1.01. The van der Waals surface area contributed by atoms with Crippen molar-refractivity contribution in [1.82, 2.24) is 10.2 Å². The van der Waals surface area contributed by atoms with Crippen LogP contribution in [0, 0.1) is 0 Å². The Bertz CT molecular complexity index is 648. The van der Waals surface area contributed by atoms with E-state index in [0.29, 0.717) is 43.5 Å². The lowest BCUT2D eigenvalue weighted by molar-refractivity contribution is -0.130. The van der Waals surface area contributed by atoms with Crippen molar-refractivity contribution in [3.63, 3.8) is 0 Å². The number of rotatable bonds is 11. The highest BCUT2D eigenvalue weighted by molar-refractivity contribution is 7.99. The summed E-state index contributed by atoms with van der Waals surface area (Å²) in [5, 5.41) is 12.6. The zero-order valence-corrected chi connectivity index (χ0v) is 16.3. The minimum absolute atomic E-state index is 0.272. The van der Waals surface area contributed by atoms with E-state index in [-0.39, 0.29) is 11.8 Å². The van der Waals surface area contributed by atoms with Gasteiger partial charge in [0.15, 0.2) is 0 Å². The van der Waals surface area contributed by atoms with Crippen molar-refractivity contribution in [2.45, 2.75) is 38.3 Å². The number of hydrogen-bond donors (Lipinski definition) is 3. The van der Waals surface area contributed by atoms with E-state index >= 15 is 0 Å². The van der Waals surface area contributed by atoms with Crippen LogP contribution in [0.3, 0.4) is 0 Å². The fraction of sp³-hybridized carbons (Fsp3) is 0.526. The molecule has 0 aliphatic carbocycles. The normalized spacial score (nSPS) is 15.6. The summed E-state index contributed by atoms with van der Waals surface area (Å²) in [6, 6.07) is 6.20. The molecular weight excluding hydrogens is 366 g/mol. The highest BCUT2D eigenvalue weighted by Crippen LogP contribution is 2.22. The lowest BCUT2D eigenvalue weighted by atomic mass is 10.1. The van der Waals surface area contributed by atoms with Gasteiger partial charge in [-0.05, 0) is 42.9 Å². The molecule has 1 unspecified atom stereocenters. The highest BCUT2D eigenvalue weighted by Gasteiger charge is 2.34. The number of carbonyl (C=O) groups is 3. The number of benzene rings is 1. The second-order valence-corrected chi connectivity index (χ2v) is 7.79. The molecule has 0 bridgehead atoms. The van der Waals surface area contributed by atoms with Crippen molar-refractivity contribution in [3.8, 4) is 0 Å². The van der Waals surface area contributed by atoms with Crippen LogP contribution in [0.25, 0.3) is 0 Å². The topological polar surface area (TPSA) is 113 Å². The molecular formula is C19H27N3O4S. The molecule has 1 aliphatic heterocycles. The average molecular weight is 394 g/mol. The molecule has 7 nitrogen and oxygen atoms in total. The largest absolute Gasteiger partial charge is 0.382 e. The quantitative estimate of drug-likeness (QED) is 0.382. The molecule has 3 amide bonds. The number of carbonyl (C=O) groups excluding carboxylic acids is 3. The van der Waals surface area contributed by atoms with Crippen LogP contribution in [0.1, 0.15) is 46.9 Å². The summed E-state index contributed by atoms with van der Waals surface area (Å²) in [6.45, 7) is 2.70. The number of nitrogens with zero attached hydrogens (tertiary/aromatic N) is 1. The smallest absolute Gasteiger partial charge is 0.261 e. The van der Waals surface area contributed by atoms with Gasteiger partial charge in [0.05, 0.1) is 11.1 Å². The molecule has 27 heavy (non-hydrogen) atoms. The third kappa shape index (κ3) is 5.54. The molecule has 1 heterocycles. The van der Waals surface area contributed by atoms with Gasteiger partial charge >= 0.3 is 0 Å². The summed E-state index contributed by atoms with van der Waals surface area (Å²) in [7, 11) is 0. The van der Waals surface area contributed by atoms with E-state index in [1.54, 1.807) is 36.0 Å². The maximum Gasteiger partial charge on any atom is 0.261 e. The number of nitrogens with two attached hydrogens (primary N) is 1. The zero-order valence-electron chi connectivity index (χ0n) is 15.5. The first-order valence-electron chi connectivity index (χ1n) is 9.21. The van der Waals surface area contributed by atoms with E-state index in [0.717, 1.165) is 11.5 Å². The minimum atomic E-state index is -1.22. The third-order valence-corrected chi connectivity index (χ3v) is 5.39. The van der Waals surface area contributed by atoms with Crippen molar-refractivity contribution in [2.24, 2.45) is 5.73 Å². The Morgan fingerprint density at radius 3 is 2.44 bits per heavy atom. The van der Waals surface area contributed by atoms with Gasteiger partial charge in [-0.15, -0.1) is 0 Å². The van der Waals surface area contributed by atoms with Gasteiger partial charge in [0, 0.05) is 19.1 Å². The molecule has 0 saturated heterocycles.